The first kappa shape index (κ1) is 10.9. The molecule has 0 aliphatic heterocycles. The molecule has 5 heteroatoms. The number of hydrogen-bond donors (Lipinski definition) is 0. The Kier molecular flexibility index (Phi) is 3.04. The highest BCUT2D eigenvalue weighted by atomic mass is 35.5. The second kappa shape index (κ2) is 4.48. The molecule has 3 nitrogen and oxygen atoms in total. The van der Waals surface area contributed by atoms with Gasteiger partial charge in [0.2, 0.25) is 0 Å². The maximum absolute atomic E-state index is 8.73. The van der Waals surface area contributed by atoms with Gasteiger partial charge in [0.1, 0.15) is 11.8 Å². The fourth-order valence-electron chi connectivity index (χ4n) is 1.22. The van der Waals surface area contributed by atoms with Crippen molar-refractivity contribution >= 4 is 23.2 Å². The van der Waals surface area contributed by atoms with Crippen molar-refractivity contribution in [3.8, 4) is 17.5 Å². The first-order chi connectivity index (χ1) is 7.70. The molecule has 0 fully saturated rings. The van der Waals surface area contributed by atoms with Crippen LogP contribution in [0.15, 0.2) is 30.5 Å². The van der Waals surface area contributed by atoms with Gasteiger partial charge in [0, 0.05) is 16.8 Å². The zero-order valence-corrected chi connectivity index (χ0v) is 9.50. The molecular formula is C11H5Cl2N3. The fourth-order valence-corrected chi connectivity index (χ4v) is 1.71. The lowest BCUT2D eigenvalue weighted by Gasteiger charge is -2.02. The number of aromatic nitrogens is 2. The molecule has 1 heterocycles. The third-order valence-corrected chi connectivity index (χ3v) is 2.49. The Bertz CT molecular complexity index is 576. The Morgan fingerprint density at radius 1 is 1.19 bits per heavy atom. The van der Waals surface area contributed by atoms with E-state index in [2.05, 4.69) is 9.97 Å². The zero-order valence-electron chi connectivity index (χ0n) is 7.98. The van der Waals surface area contributed by atoms with Crippen molar-refractivity contribution < 1.29 is 0 Å². The normalized spacial score (nSPS) is 9.81. The van der Waals surface area contributed by atoms with Crippen LogP contribution in [-0.4, -0.2) is 9.97 Å². The minimum absolute atomic E-state index is 0.302. The van der Waals surface area contributed by atoms with Crippen molar-refractivity contribution in [1.82, 2.24) is 9.97 Å². The van der Waals surface area contributed by atoms with Gasteiger partial charge in [-0.3, -0.25) is 0 Å². The van der Waals surface area contributed by atoms with Gasteiger partial charge in [0.05, 0.1) is 5.02 Å². The van der Waals surface area contributed by atoms with Crippen LogP contribution in [-0.2, 0) is 0 Å². The van der Waals surface area contributed by atoms with Crippen molar-refractivity contribution in [3.63, 3.8) is 0 Å². The molecule has 0 radical (unpaired) electrons. The van der Waals surface area contributed by atoms with Gasteiger partial charge in [0.15, 0.2) is 5.82 Å². The topological polar surface area (TPSA) is 49.6 Å². The SMILES string of the molecule is N#Cc1ccnc(-c2ccc(Cl)cc2Cl)n1. The van der Waals surface area contributed by atoms with E-state index < -0.39 is 0 Å². The quantitative estimate of drug-likeness (QED) is 0.779. The molecule has 1 aromatic heterocycles. The van der Waals surface area contributed by atoms with Crippen molar-refractivity contribution in [2.24, 2.45) is 0 Å². The first-order valence-electron chi connectivity index (χ1n) is 4.39. The summed E-state index contributed by atoms with van der Waals surface area (Å²) < 4.78 is 0. The third kappa shape index (κ3) is 2.13. The average molecular weight is 250 g/mol. The molecule has 0 unspecified atom stereocenters. The Morgan fingerprint density at radius 2 is 2.00 bits per heavy atom. The van der Waals surface area contributed by atoms with Crippen LogP contribution in [0.1, 0.15) is 5.69 Å². The second-order valence-corrected chi connectivity index (χ2v) is 3.85. The minimum atomic E-state index is 0.302. The zero-order chi connectivity index (χ0) is 11.5. The van der Waals surface area contributed by atoms with Gasteiger partial charge in [-0.2, -0.15) is 5.26 Å². The summed E-state index contributed by atoms with van der Waals surface area (Å²) in [7, 11) is 0. The summed E-state index contributed by atoms with van der Waals surface area (Å²) in [6.07, 6.45) is 1.52. The largest absolute Gasteiger partial charge is 0.236 e. The number of rotatable bonds is 1. The van der Waals surface area contributed by atoms with E-state index in [1.807, 2.05) is 6.07 Å². The van der Waals surface area contributed by atoms with Gasteiger partial charge in [0.25, 0.3) is 0 Å². The van der Waals surface area contributed by atoms with E-state index >= 15 is 0 Å². The third-order valence-electron chi connectivity index (χ3n) is 1.94. The Hall–Kier alpha value is -1.63. The summed E-state index contributed by atoms with van der Waals surface area (Å²) in [6, 6.07) is 8.52. The van der Waals surface area contributed by atoms with E-state index in [1.165, 1.54) is 12.3 Å². The molecule has 0 saturated carbocycles. The lowest BCUT2D eigenvalue weighted by Crippen LogP contribution is -1.91. The van der Waals surface area contributed by atoms with Crippen molar-refractivity contribution in [2.75, 3.05) is 0 Å². The van der Waals surface area contributed by atoms with Crippen LogP contribution in [0.25, 0.3) is 11.4 Å². The predicted molar refractivity (Wildman–Crippen MR) is 62.2 cm³/mol. The number of nitriles is 1. The highest BCUT2D eigenvalue weighted by Crippen LogP contribution is 2.27. The standard InChI is InChI=1S/C11H5Cl2N3/c12-7-1-2-9(10(13)5-7)11-15-4-3-8(6-14)16-11/h1-5H. The summed E-state index contributed by atoms with van der Waals surface area (Å²) in [4.78, 5) is 8.11. The maximum atomic E-state index is 8.73. The van der Waals surface area contributed by atoms with E-state index in [0.29, 0.717) is 27.1 Å². The molecular weight excluding hydrogens is 245 g/mol. The Balaban J connectivity index is 2.55. The smallest absolute Gasteiger partial charge is 0.162 e. The maximum Gasteiger partial charge on any atom is 0.162 e. The number of halogens is 2. The summed E-state index contributed by atoms with van der Waals surface area (Å²) in [6.45, 7) is 0. The number of benzene rings is 1. The lowest BCUT2D eigenvalue weighted by molar-refractivity contribution is 1.15. The van der Waals surface area contributed by atoms with Gasteiger partial charge < -0.3 is 0 Å². The lowest BCUT2D eigenvalue weighted by atomic mass is 10.2. The molecule has 0 aliphatic rings. The van der Waals surface area contributed by atoms with Gasteiger partial charge in [-0.15, -0.1) is 0 Å². The van der Waals surface area contributed by atoms with Crippen LogP contribution in [0.3, 0.4) is 0 Å². The highest BCUT2D eigenvalue weighted by molar-refractivity contribution is 6.36. The summed E-state index contributed by atoms with van der Waals surface area (Å²) in [5.74, 6) is 0.417. The van der Waals surface area contributed by atoms with Crippen LogP contribution in [0, 0.1) is 11.3 Å². The summed E-state index contributed by atoms with van der Waals surface area (Å²) in [5, 5.41) is 9.74. The van der Waals surface area contributed by atoms with Gasteiger partial charge >= 0.3 is 0 Å². The summed E-state index contributed by atoms with van der Waals surface area (Å²) in [5.41, 5.74) is 0.958. The number of nitrogens with zero attached hydrogens (tertiary/aromatic N) is 3. The molecule has 0 aliphatic carbocycles. The molecule has 0 spiro atoms. The molecule has 0 atom stereocenters. The van der Waals surface area contributed by atoms with Crippen LogP contribution < -0.4 is 0 Å². The monoisotopic (exact) mass is 249 g/mol. The van der Waals surface area contributed by atoms with E-state index in [-0.39, 0.29) is 0 Å². The van der Waals surface area contributed by atoms with E-state index in [1.54, 1.807) is 18.2 Å². The molecule has 2 rings (SSSR count). The molecule has 2 aromatic rings. The van der Waals surface area contributed by atoms with E-state index in [4.69, 9.17) is 28.5 Å². The summed E-state index contributed by atoms with van der Waals surface area (Å²) >= 11 is 11.8. The molecule has 0 N–H and O–H groups in total. The fraction of sp³-hybridized carbons (Fsp3) is 0. The van der Waals surface area contributed by atoms with E-state index in [9.17, 15) is 0 Å². The van der Waals surface area contributed by atoms with Crippen LogP contribution in [0.4, 0.5) is 0 Å². The molecule has 16 heavy (non-hydrogen) atoms. The molecule has 78 valence electrons. The predicted octanol–water partition coefficient (Wildman–Crippen LogP) is 3.32. The van der Waals surface area contributed by atoms with Crippen molar-refractivity contribution in [3.05, 3.63) is 46.2 Å². The van der Waals surface area contributed by atoms with Gasteiger partial charge in [-0.1, -0.05) is 23.2 Å². The van der Waals surface area contributed by atoms with Crippen molar-refractivity contribution in [1.29, 1.82) is 5.26 Å². The van der Waals surface area contributed by atoms with Gasteiger partial charge in [-0.05, 0) is 24.3 Å². The Morgan fingerprint density at radius 3 is 2.69 bits per heavy atom. The highest BCUT2D eigenvalue weighted by Gasteiger charge is 2.07. The molecule has 0 amide bonds. The Labute approximate surface area is 102 Å². The van der Waals surface area contributed by atoms with Crippen molar-refractivity contribution in [2.45, 2.75) is 0 Å². The molecule has 0 saturated heterocycles. The first-order valence-corrected chi connectivity index (χ1v) is 5.15. The van der Waals surface area contributed by atoms with Crippen LogP contribution in [0.2, 0.25) is 10.0 Å². The number of hydrogen-bond acceptors (Lipinski definition) is 3. The average Bonchev–Trinajstić information content (AvgIpc) is 2.29. The van der Waals surface area contributed by atoms with E-state index in [0.717, 1.165) is 0 Å². The second-order valence-electron chi connectivity index (χ2n) is 3.00. The molecule has 0 bridgehead atoms. The minimum Gasteiger partial charge on any atom is -0.236 e. The molecule has 1 aromatic carbocycles. The van der Waals surface area contributed by atoms with Crippen LogP contribution in [0.5, 0.6) is 0 Å². The van der Waals surface area contributed by atoms with Crippen LogP contribution >= 0.6 is 23.2 Å². The van der Waals surface area contributed by atoms with Gasteiger partial charge in [-0.25, -0.2) is 9.97 Å².